The lowest BCUT2D eigenvalue weighted by Gasteiger charge is -2.31. The molecule has 0 bridgehead atoms. The van der Waals surface area contributed by atoms with Crippen LogP contribution in [0.1, 0.15) is 50.0 Å². The Hall–Kier alpha value is -2.39. The molecule has 1 unspecified atom stereocenters. The highest BCUT2D eigenvalue weighted by molar-refractivity contribution is 7.98. The van der Waals surface area contributed by atoms with Crippen molar-refractivity contribution in [3.05, 3.63) is 47.7 Å². The summed E-state index contributed by atoms with van der Waals surface area (Å²) in [5, 5.41) is 18.4. The Morgan fingerprint density at radius 2 is 1.81 bits per heavy atom. The fourth-order valence-corrected chi connectivity index (χ4v) is 5.08. The number of ether oxygens (including phenoxy) is 1. The Morgan fingerprint density at radius 3 is 2.59 bits per heavy atom. The second-order valence-corrected chi connectivity index (χ2v) is 9.68. The molecule has 2 aliphatic rings. The summed E-state index contributed by atoms with van der Waals surface area (Å²) < 4.78 is 14.0. The van der Waals surface area contributed by atoms with Crippen LogP contribution in [0.3, 0.4) is 0 Å². The summed E-state index contributed by atoms with van der Waals surface area (Å²) in [5.74, 6) is 3.56. The predicted molar refractivity (Wildman–Crippen MR) is 123 cm³/mol. The van der Waals surface area contributed by atoms with E-state index in [0.29, 0.717) is 24.0 Å². The number of aromatic nitrogens is 5. The lowest BCUT2D eigenvalue weighted by atomic mass is 10.00. The van der Waals surface area contributed by atoms with Crippen LogP contribution in [0.25, 0.3) is 0 Å². The normalized spacial score (nSPS) is 19.7. The van der Waals surface area contributed by atoms with Gasteiger partial charge in [0.1, 0.15) is 0 Å². The quantitative estimate of drug-likeness (QED) is 0.473. The van der Waals surface area contributed by atoms with Crippen LogP contribution in [-0.2, 0) is 23.5 Å². The highest BCUT2D eigenvalue weighted by atomic mass is 32.2. The largest absolute Gasteiger partial charge is 0.424 e. The first-order valence-electron chi connectivity index (χ1n) is 11.5. The molecule has 0 N–H and O–H groups in total. The number of rotatable bonds is 8. The molecule has 1 aromatic carbocycles. The molecule has 0 spiro atoms. The van der Waals surface area contributed by atoms with Crippen molar-refractivity contribution in [2.75, 3.05) is 24.6 Å². The molecule has 32 heavy (non-hydrogen) atoms. The minimum absolute atomic E-state index is 0.230. The van der Waals surface area contributed by atoms with Gasteiger partial charge in [0.05, 0.1) is 24.8 Å². The standard InChI is InChI=1S/C23H30N6O2S/c1-17-9-11-28(12-10-17)22-26-27-23(29(22)15-19-8-5-13-30-19)32-16-21-25-24-20(31-21)14-18-6-3-2-4-7-18/h2-4,6-7,17,19H,5,8-16H2,1H3. The summed E-state index contributed by atoms with van der Waals surface area (Å²) in [5.41, 5.74) is 1.16. The van der Waals surface area contributed by atoms with Gasteiger partial charge in [-0.1, -0.05) is 49.0 Å². The van der Waals surface area contributed by atoms with Gasteiger partial charge in [0.15, 0.2) is 5.16 Å². The molecule has 4 heterocycles. The number of piperidine rings is 1. The third-order valence-corrected chi connectivity index (χ3v) is 7.16. The smallest absolute Gasteiger partial charge is 0.228 e. The third kappa shape index (κ3) is 5.15. The number of nitrogens with zero attached hydrogens (tertiary/aromatic N) is 6. The number of hydrogen-bond acceptors (Lipinski definition) is 8. The van der Waals surface area contributed by atoms with Crippen molar-refractivity contribution in [3.8, 4) is 0 Å². The number of thioether (sulfide) groups is 1. The zero-order valence-electron chi connectivity index (χ0n) is 18.5. The maximum atomic E-state index is 5.92. The zero-order chi connectivity index (χ0) is 21.8. The maximum absolute atomic E-state index is 5.92. The second-order valence-electron chi connectivity index (χ2n) is 8.74. The second kappa shape index (κ2) is 10.0. The average molecular weight is 455 g/mol. The van der Waals surface area contributed by atoms with Crippen LogP contribution < -0.4 is 4.90 Å². The fraction of sp³-hybridized carbons (Fsp3) is 0.565. The highest BCUT2D eigenvalue weighted by Crippen LogP contribution is 2.29. The summed E-state index contributed by atoms with van der Waals surface area (Å²) in [4.78, 5) is 2.37. The van der Waals surface area contributed by atoms with Crippen molar-refractivity contribution >= 4 is 17.7 Å². The molecule has 170 valence electrons. The van der Waals surface area contributed by atoms with Crippen molar-refractivity contribution in [3.63, 3.8) is 0 Å². The molecule has 2 fully saturated rings. The van der Waals surface area contributed by atoms with Gasteiger partial charge in [0.2, 0.25) is 17.7 Å². The number of benzene rings is 1. The Balaban J connectivity index is 1.27. The van der Waals surface area contributed by atoms with E-state index >= 15 is 0 Å². The molecule has 3 aromatic rings. The predicted octanol–water partition coefficient (Wildman–Crippen LogP) is 3.96. The first kappa shape index (κ1) is 21.5. The van der Waals surface area contributed by atoms with Crippen LogP contribution in [0, 0.1) is 5.92 Å². The van der Waals surface area contributed by atoms with Crippen LogP contribution in [-0.4, -0.2) is 50.8 Å². The molecular formula is C23H30N6O2S. The van der Waals surface area contributed by atoms with Gasteiger partial charge in [0.25, 0.3) is 0 Å². The SMILES string of the molecule is CC1CCN(c2nnc(SCc3nnc(Cc4ccccc4)o3)n2CC2CCCO2)CC1. The lowest BCUT2D eigenvalue weighted by molar-refractivity contribution is 0.0951. The molecular weight excluding hydrogens is 424 g/mol. The van der Waals surface area contributed by atoms with Gasteiger partial charge in [-0.3, -0.25) is 4.57 Å². The van der Waals surface area contributed by atoms with E-state index in [-0.39, 0.29) is 6.10 Å². The van der Waals surface area contributed by atoms with E-state index in [1.54, 1.807) is 11.8 Å². The summed E-state index contributed by atoms with van der Waals surface area (Å²) in [7, 11) is 0. The van der Waals surface area contributed by atoms with Crippen LogP contribution in [0.5, 0.6) is 0 Å². The summed E-state index contributed by atoms with van der Waals surface area (Å²) in [6, 6.07) is 10.2. The molecule has 0 amide bonds. The van der Waals surface area contributed by atoms with Gasteiger partial charge in [0, 0.05) is 19.7 Å². The van der Waals surface area contributed by atoms with E-state index in [2.05, 4.69) is 48.9 Å². The molecule has 2 aliphatic heterocycles. The van der Waals surface area contributed by atoms with Gasteiger partial charge in [-0.05, 0) is 37.2 Å². The molecule has 0 aliphatic carbocycles. The van der Waals surface area contributed by atoms with E-state index in [4.69, 9.17) is 9.15 Å². The van der Waals surface area contributed by atoms with E-state index in [1.807, 2.05) is 18.2 Å². The molecule has 8 nitrogen and oxygen atoms in total. The van der Waals surface area contributed by atoms with Crippen molar-refractivity contribution in [2.24, 2.45) is 5.92 Å². The highest BCUT2D eigenvalue weighted by Gasteiger charge is 2.26. The molecule has 0 radical (unpaired) electrons. The Labute approximate surface area is 192 Å². The molecule has 1 atom stereocenters. The minimum atomic E-state index is 0.230. The van der Waals surface area contributed by atoms with Crippen LogP contribution in [0.4, 0.5) is 5.95 Å². The van der Waals surface area contributed by atoms with Crippen molar-refractivity contribution in [1.29, 1.82) is 0 Å². The van der Waals surface area contributed by atoms with Gasteiger partial charge in [-0.15, -0.1) is 20.4 Å². The molecule has 0 saturated carbocycles. The van der Waals surface area contributed by atoms with Crippen LogP contribution >= 0.6 is 11.8 Å². The fourth-order valence-electron chi connectivity index (χ4n) is 4.30. The van der Waals surface area contributed by atoms with Crippen LogP contribution in [0.15, 0.2) is 39.9 Å². The van der Waals surface area contributed by atoms with Gasteiger partial charge in [-0.2, -0.15) is 0 Å². The van der Waals surface area contributed by atoms with E-state index in [1.165, 1.54) is 12.8 Å². The third-order valence-electron chi connectivity index (χ3n) is 6.21. The van der Waals surface area contributed by atoms with E-state index in [9.17, 15) is 0 Å². The average Bonchev–Trinajstić information content (AvgIpc) is 3.56. The van der Waals surface area contributed by atoms with Crippen molar-refractivity contribution in [2.45, 2.75) is 62.6 Å². The van der Waals surface area contributed by atoms with E-state index < -0.39 is 0 Å². The minimum Gasteiger partial charge on any atom is -0.424 e. The lowest BCUT2D eigenvalue weighted by Crippen LogP contribution is -2.35. The number of hydrogen-bond donors (Lipinski definition) is 0. The topological polar surface area (TPSA) is 82.1 Å². The first-order chi connectivity index (χ1) is 15.7. The summed E-state index contributed by atoms with van der Waals surface area (Å²) >= 11 is 1.60. The van der Waals surface area contributed by atoms with E-state index in [0.717, 1.165) is 61.7 Å². The van der Waals surface area contributed by atoms with Gasteiger partial charge < -0.3 is 14.1 Å². The van der Waals surface area contributed by atoms with Crippen LogP contribution in [0.2, 0.25) is 0 Å². The molecule has 2 aromatic heterocycles. The Morgan fingerprint density at radius 1 is 1.00 bits per heavy atom. The summed E-state index contributed by atoms with van der Waals surface area (Å²) in [6.07, 6.45) is 5.48. The zero-order valence-corrected chi connectivity index (χ0v) is 19.3. The maximum Gasteiger partial charge on any atom is 0.228 e. The molecule has 2 saturated heterocycles. The molecule has 5 rings (SSSR count). The Bertz CT molecular complexity index is 993. The summed E-state index contributed by atoms with van der Waals surface area (Å²) in [6.45, 7) is 6.02. The molecule has 9 heteroatoms. The van der Waals surface area contributed by atoms with Crippen molar-refractivity contribution in [1.82, 2.24) is 25.0 Å². The van der Waals surface area contributed by atoms with Gasteiger partial charge >= 0.3 is 0 Å². The first-order valence-corrected chi connectivity index (χ1v) is 12.5. The Kier molecular flexibility index (Phi) is 6.73. The monoisotopic (exact) mass is 454 g/mol. The van der Waals surface area contributed by atoms with Gasteiger partial charge in [-0.25, -0.2) is 0 Å². The van der Waals surface area contributed by atoms with Crippen molar-refractivity contribution < 1.29 is 9.15 Å². The number of anilines is 1.